The van der Waals surface area contributed by atoms with Crippen molar-refractivity contribution in [3.05, 3.63) is 23.3 Å². The molecular weight excluding hydrogens is 302 g/mol. The van der Waals surface area contributed by atoms with Crippen LogP contribution < -0.4 is 9.47 Å². The van der Waals surface area contributed by atoms with Gasteiger partial charge in [-0.2, -0.15) is 0 Å². The lowest BCUT2D eigenvalue weighted by Crippen LogP contribution is -2.50. The Morgan fingerprint density at radius 1 is 0.955 bits per heavy atom. The number of hydrogen-bond donors (Lipinski definition) is 1. The van der Waals surface area contributed by atoms with Gasteiger partial charge in [-0.15, -0.1) is 12.4 Å². The van der Waals surface area contributed by atoms with Gasteiger partial charge in [-0.25, -0.2) is 0 Å². The number of aliphatic hydroxyl groups excluding tert-OH is 1. The lowest BCUT2D eigenvalue weighted by atomic mass is 9.83. The second-order valence-electron chi connectivity index (χ2n) is 6.07. The summed E-state index contributed by atoms with van der Waals surface area (Å²) in [5.74, 6) is 1.78. The van der Waals surface area contributed by atoms with Crippen LogP contribution in [0, 0.1) is 0 Å². The molecule has 0 aromatic heterocycles. The quantitative estimate of drug-likeness (QED) is 0.926. The molecule has 1 fully saturated rings. The Labute approximate surface area is 138 Å². The summed E-state index contributed by atoms with van der Waals surface area (Å²) in [6.07, 6.45) is 4.97. The highest BCUT2D eigenvalue weighted by atomic mass is 35.5. The van der Waals surface area contributed by atoms with Crippen LogP contribution in [0.3, 0.4) is 0 Å². The average molecular weight is 328 g/mol. The average Bonchev–Trinajstić information content (AvgIpc) is 2.54. The van der Waals surface area contributed by atoms with E-state index in [1.54, 1.807) is 14.2 Å². The fourth-order valence-electron chi connectivity index (χ4n) is 3.79. The van der Waals surface area contributed by atoms with E-state index in [2.05, 4.69) is 4.90 Å². The van der Waals surface area contributed by atoms with Gasteiger partial charge in [0.1, 0.15) is 11.5 Å². The molecule has 2 atom stereocenters. The van der Waals surface area contributed by atoms with Crippen LogP contribution in [0.15, 0.2) is 12.1 Å². The summed E-state index contributed by atoms with van der Waals surface area (Å²) in [6.45, 7) is 2.20. The molecule has 1 aromatic carbocycles. The second kappa shape index (κ2) is 7.53. The molecule has 0 bridgehead atoms. The van der Waals surface area contributed by atoms with Crippen molar-refractivity contribution in [2.45, 2.75) is 44.2 Å². The van der Waals surface area contributed by atoms with Crippen molar-refractivity contribution in [1.29, 1.82) is 0 Å². The summed E-state index contributed by atoms with van der Waals surface area (Å²) in [5, 5.41) is 10.6. The highest BCUT2D eigenvalue weighted by Crippen LogP contribution is 2.37. The van der Waals surface area contributed by atoms with E-state index in [1.807, 2.05) is 12.1 Å². The van der Waals surface area contributed by atoms with Gasteiger partial charge in [-0.3, -0.25) is 4.90 Å². The molecule has 5 heteroatoms. The van der Waals surface area contributed by atoms with Crippen molar-refractivity contribution in [1.82, 2.24) is 4.90 Å². The number of likely N-dealkylation sites (tertiary alicyclic amines) is 1. The minimum Gasteiger partial charge on any atom is -0.496 e. The Bertz CT molecular complexity index is 503. The molecule has 1 aliphatic carbocycles. The van der Waals surface area contributed by atoms with Gasteiger partial charge in [0.25, 0.3) is 0 Å². The van der Waals surface area contributed by atoms with E-state index < -0.39 is 0 Å². The topological polar surface area (TPSA) is 41.9 Å². The first-order chi connectivity index (χ1) is 10.2. The monoisotopic (exact) mass is 327 g/mol. The minimum atomic E-state index is -0.323. The molecule has 22 heavy (non-hydrogen) atoms. The Balaban J connectivity index is 0.00000176. The lowest BCUT2D eigenvalue weighted by molar-refractivity contribution is 0.0316. The normalized spacial score (nSPS) is 25.0. The maximum Gasteiger partial charge on any atom is 0.122 e. The van der Waals surface area contributed by atoms with Gasteiger partial charge in [-0.1, -0.05) is 6.42 Å². The molecule has 1 saturated heterocycles. The van der Waals surface area contributed by atoms with Gasteiger partial charge >= 0.3 is 0 Å². The van der Waals surface area contributed by atoms with Crippen molar-refractivity contribution in [2.75, 3.05) is 27.3 Å². The first kappa shape index (κ1) is 17.4. The SMILES string of the molecule is COc1ccc(OC)c2c1CC(O)C(N1CCCCC1)C2.Cl. The first-order valence-corrected chi connectivity index (χ1v) is 7.89. The Morgan fingerprint density at radius 2 is 1.50 bits per heavy atom. The van der Waals surface area contributed by atoms with E-state index in [0.717, 1.165) is 36.6 Å². The standard InChI is InChI=1S/C17H25NO3.ClH/c1-20-16-6-7-17(21-2)13-11-15(19)14(10-12(13)16)18-8-4-3-5-9-18;/h6-7,14-15,19H,3-5,8-11H2,1-2H3;1H. The van der Waals surface area contributed by atoms with E-state index in [0.29, 0.717) is 6.42 Å². The molecule has 1 aliphatic heterocycles. The lowest BCUT2D eigenvalue weighted by Gasteiger charge is -2.40. The molecular formula is C17H26ClNO3. The van der Waals surface area contributed by atoms with Crippen molar-refractivity contribution < 1.29 is 14.6 Å². The van der Waals surface area contributed by atoms with Gasteiger partial charge in [0.15, 0.2) is 0 Å². The minimum absolute atomic E-state index is 0. The number of hydrogen-bond acceptors (Lipinski definition) is 4. The van der Waals surface area contributed by atoms with E-state index in [4.69, 9.17) is 9.47 Å². The third kappa shape index (κ3) is 3.19. The van der Waals surface area contributed by atoms with Crippen LogP contribution in [-0.4, -0.2) is 49.5 Å². The largest absolute Gasteiger partial charge is 0.496 e. The maximum absolute atomic E-state index is 10.6. The summed E-state index contributed by atoms with van der Waals surface area (Å²) < 4.78 is 11.0. The number of nitrogens with zero attached hydrogens (tertiary/aromatic N) is 1. The molecule has 0 radical (unpaired) electrons. The number of piperidine rings is 1. The number of halogens is 1. The number of benzene rings is 1. The van der Waals surface area contributed by atoms with Crippen molar-refractivity contribution in [2.24, 2.45) is 0 Å². The van der Waals surface area contributed by atoms with E-state index >= 15 is 0 Å². The molecule has 124 valence electrons. The van der Waals surface area contributed by atoms with Gasteiger partial charge in [-0.05, 0) is 44.5 Å². The molecule has 3 rings (SSSR count). The maximum atomic E-state index is 10.6. The summed E-state index contributed by atoms with van der Waals surface area (Å²) in [6, 6.07) is 4.12. The van der Waals surface area contributed by atoms with E-state index in [1.165, 1.54) is 24.8 Å². The molecule has 2 unspecified atom stereocenters. The van der Waals surface area contributed by atoms with Crippen LogP contribution in [0.2, 0.25) is 0 Å². The predicted octanol–water partition coefficient (Wildman–Crippen LogP) is 2.44. The third-order valence-electron chi connectivity index (χ3n) is 4.92. The molecule has 2 aliphatic rings. The van der Waals surface area contributed by atoms with E-state index in [9.17, 15) is 5.11 Å². The molecule has 0 spiro atoms. The van der Waals surface area contributed by atoms with Crippen LogP contribution in [0.25, 0.3) is 0 Å². The number of aliphatic hydroxyl groups is 1. The smallest absolute Gasteiger partial charge is 0.122 e. The van der Waals surface area contributed by atoms with Crippen LogP contribution in [0.5, 0.6) is 11.5 Å². The number of fused-ring (bicyclic) bond motifs is 1. The van der Waals surface area contributed by atoms with Crippen molar-refractivity contribution >= 4 is 12.4 Å². The Kier molecular flexibility index (Phi) is 5.95. The molecule has 1 N–H and O–H groups in total. The van der Waals surface area contributed by atoms with Crippen molar-refractivity contribution in [3.63, 3.8) is 0 Å². The zero-order chi connectivity index (χ0) is 14.8. The second-order valence-corrected chi connectivity index (χ2v) is 6.07. The zero-order valence-electron chi connectivity index (χ0n) is 13.4. The van der Waals surface area contributed by atoms with Crippen molar-refractivity contribution in [3.8, 4) is 11.5 Å². The molecule has 1 heterocycles. The first-order valence-electron chi connectivity index (χ1n) is 7.89. The molecule has 0 saturated carbocycles. The predicted molar refractivity (Wildman–Crippen MR) is 89.4 cm³/mol. The van der Waals surface area contributed by atoms with E-state index in [-0.39, 0.29) is 24.6 Å². The molecule has 1 aromatic rings. The number of methoxy groups -OCH3 is 2. The van der Waals surface area contributed by atoms with Crippen LogP contribution in [0.1, 0.15) is 30.4 Å². The van der Waals surface area contributed by atoms with Crippen LogP contribution in [0.4, 0.5) is 0 Å². The van der Waals surface area contributed by atoms with Gasteiger partial charge in [0.2, 0.25) is 0 Å². The van der Waals surface area contributed by atoms with Crippen LogP contribution in [-0.2, 0) is 12.8 Å². The molecule has 4 nitrogen and oxygen atoms in total. The van der Waals surface area contributed by atoms with Gasteiger partial charge in [0.05, 0.1) is 20.3 Å². The Morgan fingerprint density at radius 3 is 2.05 bits per heavy atom. The highest BCUT2D eigenvalue weighted by Gasteiger charge is 2.35. The summed E-state index contributed by atoms with van der Waals surface area (Å²) in [4.78, 5) is 2.45. The fourth-order valence-corrected chi connectivity index (χ4v) is 3.79. The fraction of sp³-hybridized carbons (Fsp3) is 0.647. The summed E-state index contributed by atoms with van der Waals surface area (Å²) in [5.41, 5.74) is 2.32. The third-order valence-corrected chi connectivity index (χ3v) is 4.92. The number of rotatable bonds is 3. The Hall–Kier alpha value is -0.970. The highest BCUT2D eigenvalue weighted by molar-refractivity contribution is 5.85. The van der Waals surface area contributed by atoms with Gasteiger partial charge in [0, 0.05) is 23.6 Å². The van der Waals surface area contributed by atoms with Crippen LogP contribution >= 0.6 is 12.4 Å². The zero-order valence-corrected chi connectivity index (χ0v) is 14.2. The van der Waals surface area contributed by atoms with Gasteiger partial charge < -0.3 is 14.6 Å². The number of ether oxygens (including phenoxy) is 2. The summed E-state index contributed by atoms with van der Waals surface area (Å²) in [7, 11) is 3.40. The summed E-state index contributed by atoms with van der Waals surface area (Å²) >= 11 is 0. The molecule has 0 amide bonds.